The zero-order valence-electron chi connectivity index (χ0n) is 10.8. The molecule has 106 valence electrons. The molecule has 1 aromatic rings. The van der Waals surface area contributed by atoms with Gasteiger partial charge >= 0.3 is 0 Å². The van der Waals surface area contributed by atoms with Crippen LogP contribution in [0.2, 0.25) is 0 Å². The van der Waals surface area contributed by atoms with Crippen molar-refractivity contribution in [3.8, 4) is 5.75 Å². The first-order valence-corrected chi connectivity index (χ1v) is 5.93. The van der Waals surface area contributed by atoms with Crippen LogP contribution in [0.5, 0.6) is 5.75 Å². The lowest BCUT2D eigenvalue weighted by Crippen LogP contribution is -2.41. The molecule has 0 aliphatic carbocycles. The Morgan fingerprint density at radius 1 is 1.42 bits per heavy atom. The van der Waals surface area contributed by atoms with Gasteiger partial charge in [-0.3, -0.25) is 4.79 Å². The van der Waals surface area contributed by atoms with Crippen LogP contribution in [0.4, 0.5) is 4.39 Å². The number of carbonyl (C=O) groups is 1. The number of hydrogen-bond donors (Lipinski definition) is 2. The topological polar surface area (TPSA) is 67.8 Å². The van der Waals surface area contributed by atoms with Gasteiger partial charge in [-0.2, -0.15) is 0 Å². The van der Waals surface area contributed by atoms with Crippen molar-refractivity contribution in [2.24, 2.45) is 0 Å². The Balaban J connectivity index is 2.24. The second kappa shape index (κ2) is 8.44. The Hall–Kier alpha value is -1.66. The molecule has 0 aliphatic heterocycles. The summed E-state index contributed by atoms with van der Waals surface area (Å²) < 4.78 is 22.8. The van der Waals surface area contributed by atoms with Crippen LogP contribution in [-0.4, -0.2) is 44.0 Å². The summed E-state index contributed by atoms with van der Waals surface area (Å²) >= 11 is 0. The van der Waals surface area contributed by atoms with Gasteiger partial charge in [-0.15, -0.1) is 0 Å². The van der Waals surface area contributed by atoms with E-state index in [1.165, 1.54) is 31.4 Å². The highest BCUT2D eigenvalue weighted by atomic mass is 19.1. The zero-order chi connectivity index (χ0) is 14.1. The highest BCUT2D eigenvalue weighted by molar-refractivity contribution is 5.76. The molecule has 6 heteroatoms. The molecule has 1 unspecified atom stereocenters. The van der Waals surface area contributed by atoms with Crippen molar-refractivity contribution >= 4 is 5.91 Å². The molecule has 0 radical (unpaired) electrons. The Bertz CT molecular complexity index is 383. The number of rotatable bonds is 8. The Morgan fingerprint density at radius 2 is 2.11 bits per heavy atom. The molecule has 0 saturated heterocycles. The standard InChI is InChI=1S/C13H18FNO4/c1-18-9-11(8-16)15-13(17)6-7-19-12-4-2-10(14)3-5-12/h2-5,11,16H,6-9H2,1H3,(H,15,17). The second-order valence-electron chi connectivity index (χ2n) is 3.95. The van der Waals surface area contributed by atoms with Crippen molar-refractivity contribution < 1.29 is 23.8 Å². The fourth-order valence-corrected chi connectivity index (χ4v) is 1.43. The van der Waals surface area contributed by atoms with E-state index in [0.29, 0.717) is 5.75 Å². The molecule has 0 bridgehead atoms. The molecular weight excluding hydrogens is 253 g/mol. The van der Waals surface area contributed by atoms with Gasteiger partial charge in [0, 0.05) is 7.11 Å². The van der Waals surface area contributed by atoms with Crippen LogP contribution in [0.25, 0.3) is 0 Å². The lowest BCUT2D eigenvalue weighted by atomic mass is 10.3. The van der Waals surface area contributed by atoms with E-state index in [9.17, 15) is 9.18 Å². The maximum atomic E-state index is 12.6. The van der Waals surface area contributed by atoms with Gasteiger partial charge in [-0.1, -0.05) is 0 Å². The maximum Gasteiger partial charge on any atom is 0.223 e. The highest BCUT2D eigenvalue weighted by Gasteiger charge is 2.10. The summed E-state index contributed by atoms with van der Waals surface area (Å²) in [6.45, 7) is 0.252. The van der Waals surface area contributed by atoms with Crippen molar-refractivity contribution in [2.45, 2.75) is 12.5 Å². The van der Waals surface area contributed by atoms with Crippen LogP contribution >= 0.6 is 0 Å². The summed E-state index contributed by atoms with van der Waals surface area (Å²) in [6.07, 6.45) is 0.150. The minimum Gasteiger partial charge on any atom is -0.493 e. The van der Waals surface area contributed by atoms with Crippen LogP contribution in [0.15, 0.2) is 24.3 Å². The van der Waals surface area contributed by atoms with Gasteiger partial charge in [0.2, 0.25) is 5.91 Å². The summed E-state index contributed by atoms with van der Waals surface area (Å²) in [5, 5.41) is 11.6. The minimum absolute atomic E-state index is 0.150. The minimum atomic E-state index is -0.414. The monoisotopic (exact) mass is 271 g/mol. The predicted octanol–water partition coefficient (Wildman–Crippen LogP) is 0.718. The third-order valence-corrected chi connectivity index (χ3v) is 2.36. The Kier molecular flexibility index (Phi) is 6.84. The second-order valence-corrected chi connectivity index (χ2v) is 3.95. The third kappa shape index (κ3) is 6.17. The molecule has 1 amide bonds. The molecule has 2 N–H and O–H groups in total. The number of halogens is 1. The first-order valence-electron chi connectivity index (χ1n) is 5.93. The summed E-state index contributed by atoms with van der Waals surface area (Å²) in [5.41, 5.74) is 0. The summed E-state index contributed by atoms with van der Waals surface area (Å²) in [7, 11) is 1.49. The van der Waals surface area contributed by atoms with Gasteiger partial charge in [0.05, 0.1) is 32.3 Å². The van der Waals surface area contributed by atoms with Crippen LogP contribution in [0.1, 0.15) is 6.42 Å². The van der Waals surface area contributed by atoms with E-state index in [4.69, 9.17) is 14.6 Å². The van der Waals surface area contributed by atoms with E-state index in [1.807, 2.05) is 0 Å². The third-order valence-electron chi connectivity index (χ3n) is 2.36. The molecule has 0 aliphatic rings. The van der Waals surface area contributed by atoms with Gasteiger partial charge in [-0.25, -0.2) is 4.39 Å². The van der Waals surface area contributed by atoms with Gasteiger partial charge in [0.25, 0.3) is 0 Å². The van der Waals surface area contributed by atoms with Crippen LogP contribution in [0.3, 0.4) is 0 Å². The van der Waals surface area contributed by atoms with E-state index >= 15 is 0 Å². The van der Waals surface area contributed by atoms with Gasteiger partial charge in [0.1, 0.15) is 11.6 Å². The van der Waals surface area contributed by atoms with Crippen LogP contribution in [-0.2, 0) is 9.53 Å². The number of benzene rings is 1. The number of aliphatic hydroxyl groups excluding tert-OH is 1. The van der Waals surface area contributed by atoms with Crippen molar-refractivity contribution in [3.05, 3.63) is 30.1 Å². The van der Waals surface area contributed by atoms with Crippen molar-refractivity contribution in [2.75, 3.05) is 26.9 Å². The molecule has 0 aromatic heterocycles. The fraction of sp³-hybridized carbons (Fsp3) is 0.462. The van der Waals surface area contributed by atoms with Crippen molar-refractivity contribution in [1.29, 1.82) is 0 Å². The quantitative estimate of drug-likeness (QED) is 0.731. The molecule has 1 atom stereocenters. The molecule has 1 aromatic carbocycles. The molecule has 5 nitrogen and oxygen atoms in total. The van der Waals surface area contributed by atoms with Gasteiger partial charge < -0.3 is 19.9 Å². The summed E-state index contributed by atoms with van der Waals surface area (Å²) in [4.78, 5) is 11.5. The lowest BCUT2D eigenvalue weighted by molar-refractivity contribution is -0.123. The molecular formula is C13H18FNO4. The molecule has 0 fully saturated rings. The van der Waals surface area contributed by atoms with Crippen LogP contribution in [0, 0.1) is 5.82 Å². The number of ether oxygens (including phenoxy) is 2. The first kappa shape index (κ1) is 15.4. The highest BCUT2D eigenvalue weighted by Crippen LogP contribution is 2.11. The maximum absolute atomic E-state index is 12.6. The predicted molar refractivity (Wildman–Crippen MR) is 67.4 cm³/mol. The van der Waals surface area contributed by atoms with Crippen molar-refractivity contribution in [1.82, 2.24) is 5.32 Å². The van der Waals surface area contributed by atoms with Crippen LogP contribution < -0.4 is 10.1 Å². The van der Waals surface area contributed by atoms with Gasteiger partial charge in [-0.05, 0) is 24.3 Å². The number of aliphatic hydroxyl groups is 1. The summed E-state index contributed by atoms with van der Waals surface area (Å²) in [6, 6.07) is 5.15. The lowest BCUT2D eigenvalue weighted by Gasteiger charge is -2.15. The molecule has 0 saturated carbocycles. The number of nitrogens with one attached hydrogen (secondary N) is 1. The smallest absolute Gasteiger partial charge is 0.223 e. The normalized spacial score (nSPS) is 11.9. The van der Waals surface area contributed by atoms with E-state index in [-0.39, 0.29) is 38.0 Å². The Morgan fingerprint density at radius 3 is 2.68 bits per heavy atom. The average molecular weight is 271 g/mol. The zero-order valence-corrected chi connectivity index (χ0v) is 10.8. The number of hydrogen-bond acceptors (Lipinski definition) is 4. The molecule has 19 heavy (non-hydrogen) atoms. The van der Waals surface area contributed by atoms with E-state index < -0.39 is 6.04 Å². The van der Waals surface area contributed by atoms with Gasteiger partial charge in [0.15, 0.2) is 0 Å². The van der Waals surface area contributed by atoms with Crippen molar-refractivity contribution in [3.63, 3.8) is 0 Å². The van der Waals surface area contributed by atoms with E-state index in [0.717, 1.165) is 0 Å². The van der Waals surface area contributed by atoms with E-state index in [1.54, 1.807) is 0 Å². The van der Waals surface area contributed by atoms with E-state index in [2.05, 4.69) is 5.32 Å². The number of carbonyl (C=O) groups excluding carboxylic acids is 1. The summed E-state index contributed by atoms with van der Waals surface area (Å²) in [5.74, 6) is -0.0709. The number of amides is 1. The molecule has 0 spiro atoms. The Labute approximate surface area is 111 Å². The molecule has 0 heterocycles. The SMILES string of the molecule is COCC(CO)NC(=O)CCOc1ccc(F)cc1. The average Bonchev–Trinajstić information content (AvgIpc) is 2.40. The first-order chi connectivity index (χ1) is 9.15. The fourth-order valence-electron chi connectivity index (χ4n) is 1.43. The largest absolute Gasteiger partial charge is 0.493 e. The number of methoxy groups -OCH3 is 1. The molecule has 1 rings (SSSR count).